The van der Waals surface area contributed by atoms with E-state index in [0.717, 1.165) is 0 Å². The molecule has 0 saturated carbocycles. The Balaban J connectivity index is 3.09. The molecule has 0 aromatic heterocycles. The molecule has 0 aromatic carbocycles. The third-order valence-electron chi connectivity index (χ3n) is 3.89. The zero-order valence-electron chi connectivity index (χ0n) is 11.5. The molecule has 90 valence electrons. The van der Waals surface area contributed by atoms with E-state index in [4.69, 9.17) is 9.47 Å². The molecular formula is C13H26O2. The minimum absolute atomic E-state index is 0.235. The Morgan fingerprint density at radius 3 is 1.07 bits per heavy atom. The van der Waals surface area contributed by atoms with E-state index in [-0.39, 0.29) is 11.2 Å². The van der Waals surface area contributed by atoms with Gasteiger partial charge in [-0.15, -0.1) is 0 Å². The Labute approximate surface area is 94.3 Å². The van der Waals surface area contributed by atoms with E-state index in [1.165, 1.54) is 0 Å². The SMILES string of the molecule is CC(C)C1(C(C)C)OC(C)(C)C(C)(C)O1. The maximum Gasteiger partial charge on any atom is 0.174 e. The summed E-state index contributed by atoms with van der Waals surface area (Å²) in [6.45, 7) is 17.1. The minimum Gasteiger partial charge on any atom is -0.340 e. The van der Waals surface area contributed by atoms with Crippen LogP contribution < -0.4 is 0 Å². The second kappa shape index (κ2) is 3.46. The lowest BCUT2D eigenvalue weighted by Crippen LogP contribution is -2.43. The highest BCUT2D eigenvalue weighted by molar-refractivity contribution is 5.01. The van der Waals surface area contributed by atoms with Gasteiger partial charge in [0.2, 0.25) is 0 Å². The first-order chi connectivity index (χ1) is 6.55. The van der Waals surface area contributed by atoms with Crippen LogP contribution in [0.4, 0.5) is 0 Å². The van der Waals surface area contributed by atoms with Crippen LogP contribution in [-0.4, -0.2) is 17.0 Å². The zero-order valence-corrected chi connectivity index (χ0v) is 11.5. The lowest BCUT2D eigenvalue weighted by molar-refractivity contribution is -0.245. The van der Waals surface area contributed by atoms with Gasteiger partial charge < -0.3 is 9.47 Å². The lowest BCUT2D eigenvalue weighted by Gasteiger charge is -2.37. The van der Waals surface area contributed by atoms with Gasteiger partial charge in [0.15, 0.2) is 5.79 Å². The summed E-state index contributed by atoms with van der Waals surface area (Å²) >= 11 is 0. The summed E-state index contributed by atoms with van der Waals surface area (Å²) in [6, 6.07) is 0. The van der Waals surface area contributed by atoms with Crippen LogP contribution in [0.2, 0.25) is 0 Å². The normalized spacial score (nSPS) is 27.6. The third kappa shape index (κ3) is 1.83. The van der Waals surface area contributed by atoms with Gasteiger partial charge in [-0.2, -0.15) is 0 Å². The maximum atomic E-state index is 6.25. The molecule has 1 aliphatic heterocycles. The highest BCUT2D eigenvalue weighted by Gasteiger charge is 2.59. The van der Waals surface area contributed by atoms with E-state index in [2.05, 4.69) is 55.4 Å². The second-order valence-corrected chi connectivity index (χ2v) is 6.26. The molecule has 0 unspecified atom stereocenters. The molecule has 1 fully saturated rings. The van der Waals surface area contributed by atoms with Gasteiger partial charge in [0, 0.05) is 11.8 Å². The van der Waals surface area contributed by atoms with Crippen LogP contribution in [0.25, 0.3) is 0 Å². The van der Waals surface area contributed by atoms with Crippen molar-refractivity contribution in [1.82, 2.24) is 0 Å². The van der Waals surface area contributed by atoms with Crippen molar-refractivity contribution in [3.8, 4) is 0 Å². The molecule has 2 nitrogen and oxygen atoms in total. The fraction of sp³-hybridized carbons (Fsp3) is 1.00. The van der Waals surface area contributed by atoms with Gasteiger partial charge in [0.25, 0.3) is 0 Å². The first kappa shape index (κ1) is 13.0. The van der Waals surface area contributed by atoms with Crippen LogP contribution in [0, 0.1) is 11.8 Å². The van der Waals surface area contributed by atoms with Crippen LogP contribution in [0.3, 0.4) is 0 Å². The van der Waals surface area contributed by atoms with Gasteiger partial charge >= 0.3 is 0 Å². The molecule has 0 radical (unpaired) electrons. The Bertz CT molecular complexity index is 213. The molecule has 2 heteroatoms. The monoisotopic (exact) mass is 214 g/mol. The Morgan fingerprint density at radius 2 is 0.933 bits per heavy atom. The van der Waals surface area contributed by atoms with Gasteiger partial charge in [-0.05, 0) is 27.7 Å². The van der Waals surface area contributed by atoms with E-state index in [0.29, 0.717) is 11.8 Å². The van der Waals surface area contributed by atoms with E-state index in [9.17, 15) is 0 Å². The first-order valence-electron chi connectivity index (χ1n) is 5.95. The Hall–Kier alpha value is -0.0800. The number of hydrogen-bond acceptors (Lipinski definition) is 2. The fourth-order valence-corrected chi connectivity index (χ4v) is 2.20. The van der Waals surface area contributed by atoms with Gasteiger partial charge in [0.1, 0.15) is 0 Å². The topological polar surface area (TPSA) is 18.5 Å². The number of hydrogen-bond donors (Lipinski definition) is 0. The molecule has 0 aliphatic carbocycles. The highest BCUT2D eigenvalue weighted by atomic mass is 16.8. The van der Waals surface area contributed by atoms with E-state index in [1.54, 1.807) is 0 Å². The molecule has 0 aromatic rings. The highest BCUT2D eigenvalue weighted by Crippen LogP contribution is 2.50. The molecule has 0 N–H and O–H groups in total. The summed E-state index contributed by atoms with van der Waals surface area (Å²) in [7, 11) is 0. The van der Waals surface area contributed by atoms with Gasteiger partial charge in [-0.25, -0.2) is 0 Å². The van der Waals surface area contributed by atoms with Crippen LogP contribution >= 0.6 is 0 Å². The van der Waals surface area contributed by atoms with Crippen molar-refractivity contribution < 1.29 is 9.47 Å². The van der Waals surface area contributed by atoms with Crippen molar-refractivity contribution in [3.63, 3.8) is 0 Å². The molecule has 0 bridgehead atoms. The summed E-state index contributed by atoms with van der Waals surface area (Å²) in [4.78, 5) is 0. The zero-order chi connectivity index (χ0) is 12.1. The van der Waals surface area contributed by atoms with Crippen LogP contribution in [-0.2, 0) is 9.47 Å². The standard InChI is InChI=1S/C13H26O2/c1-9(2)13(10(3)4)14-11(5,6)12(7,8)15-13/h9-10H,1-8H3. The molecule has 15 heavy (non-hydrogen) atoms. The Kier molecular flexibility index (Phi) is 2.99. The molecule has 1 aliphatic rings. The predicted molar refractivity (Wildman–Crippen MR) is 62.7 cm³/mol. The molecular weight excluding hydrogens is 188 g/mol. The molecule has 0 amide bonds. The molecule has 0 spiro atoms. The predicted octanol–water partition coefficient (Wildman–Crippen LogP) is 3.60. The summed E-state index contributed by atoms with van der Waals surface area (Å²) in [5.41, 5.74) is -0.469. The summed E-state index contributed by atoms with van der Waals surface area (Å²) in [6.07, 6.45) is 0. The van der Waals surface area contributed by atoms with E-state index < -0.39 is 5.79 Å². The van der Waals surface area contributed by atoms with Crippen molar-refractivity contribution in [1.29, 1.82) is 0 Å². The quantitative estimate of drug-likeness (QED) is 0.699. The number of rotatable bonds is 2. The third-order valence-corrected chi connectivity index (χ3v) is 3.89. The summed E-state index contributed by atoms with van der Waals surface area (Å²) in [5, 5.41) is 0. The fourth-order valence-electron chi connectivity index (χ4n) is 2.20. The smallest absolute Gasteiger partial charge is 0.174 e. The van der Waals surface area contributed by atoms with Gasteiger partial charge in [0.05, 0.1) is 11.2 Å². The lowest BCUT2D eigenvalue weighted by atomic mass is 9.90. The Morgan fingerprint density at radius 1 is 0.667 bits per heavy atom. The number of ether oxygens (including phenoxy) is 2. The van der Waals surface area contributed by atoms with Gasteiger partial charge in [-0.3, -0.25) is 0 Å². The summed E-state index contributed by atoms with van der Waals surface area (Å²) < 4.78 is 12.5. The van der Waals surface area contributed by atoms with Crippen molar-refractivity contribution in [2.45, 2.75) is 72.4 Å². The first-order valence-corrected chi connectivity index (χ1v) is 5.95. The molecule has 0 atom stereocenters. The van der Waals surface area contributed by atoms with E-state index in [1.807, 2.05) is 0 Å². The maximum absolute atomic E-state index is 6.25. The minimum atomic E-state index is -0.438. The molecule has 1 heterocycles. The van der Waals surface area contributed by atoms with E-state index >= 15 is 0 Å². The van der Waals surface area contributed by atoms with Crippen LogP contribution in [0.1, 0.15) is 55.4 Å². The van der Waals surface area contributed by atoms with Crippen LogP contribution in [0.15, 0.2) is 0 Å². The summed E-state index contributed by atoms with van der Waals surface area (Å²) in [5.74, 6) is 0.282. The molecule has 1 saturated heterocycles. The van der Waals surface area contributed by atoms with Crippen LogP contribution in [0.5, 0.6) is 0 Å². The average Bonchev–Trinajstić information content (AvgIpc) is 2.19. The van der Waals surface area contributed by atoms with Crippen molar-refractivity contribution >= 4 is 0 Å². The second-order valence-electron chi connectivity index (χ2n) is 6.26. The van der Waals surface area contributed by atoms with Crippen molar-refractivity contribution in [2.75, 3.05) is 0 Å². The van der Waals surface area contributed by atoms with Gasteiger partial charge in [-0.1, -0.05) is 27.7 Å². The molecule has 1 rings (SSSR count). The largest absolute Gasteiger partial charge is 0.340 e. The van der Waals surface area contributed by atoms with Crippen molar-refractivity contribution in [3.05, 3.63) is 0 Å². The average molecular weight is 214 g/mol. The van der Waals surface area contributed by atoms with Crippen molar-refractivity contribution in [2.24, 2.45) is 11.8 Å².